The molecule has 3 rings (SSSR count). The molecule has 0 N–H and O–H groups in total. The number of hydrogen-bond acceptors (Lipinski definition) is 1. The molecule has 1 aromatic heterocycles. The normalized spacial score (nSPS) is 13.2. The van der Waals surface area contributed by atoms with Crippen LogP contribution in [0.5, 0.6) is 0 Å². The quantitative estimate of drug-likeness (QED) is 0.319. The lowest BCUT2D eigenvalue weighted by Crippen LogP contribution is -2.19. The van der Waals surface area contributed by atoms with E-state index < -0.39 is 0 Å². The minimum Gasteiger partial charge on any atom is -0.309 e. The van der Waals surface area contributed by atoms with Crippen LogP contribution >= 0.6 is 0 Å². The minimum atomic E-state index is 0.0616. The first kappa shape index (κ1) is 21.6. The van der Waals surface area contributed by atoms with Crippen LogP contribution in [0.25, 0.3) is 22.0 Å². The van der Waals surface area contributed by atoms with E-state index in [0.29, 0.717) is 6.54 Å². The van der Waals surface area contributed by atoms with Crippen molar-refractivity contribution in [1.29, 1.82) is 0 Å². The van der Waals surface area contributed by atoms with E-state index in [-0.39, 0.29) is 5.56 Å². The number of aromatic nitrogens is 1. The summed E-state index contributed by atoms with van der Waals surface area (Å²) in [5.41, 5.74) is 8.22. The Morgan fingerprint density at radius 1 is 0.967 bits per heavy atom. The van der Waals surface area contributed by atoms with Crippen molar-refractivity contribution in [1.82, 2.24) is 4.57 Å². The van der Waals surface area contributed by atoms with Gasteiger partial charge in [-0.15, -0.1) is 0 Å². The molecule has 0 spiro atoms. The fourth-order valence-corrected chi connectivity index (χ4v) is 3.75. The van der Waals surface area contributed by atoms with Crippen LogP contribution in [0.15, 0.2) is 83.2 Å². The van der Waals surface area contributed by atoms with Gasteiger partial charge < -0.3 is 4.57 Å². The number of nitrogens with zero attached hydrogens (tertiary/aromatic N) is 1. The predicted octanol–water partition coefficient (Wildman–Crippen LogP) is 7.17. The Kier molecular flexibility index (Phi) is 6.89. The summed E-state index contributed by atoms with van der Waals surface area (Å²) in [5.74, 6) is 0. The average molecular weight is 398 g/mol. The SMILES string of the molecule is CCC(C)=C/C=C\C(=C(/C)c1ccccc1)c1ccc2c(c1)c(C)cc(=O)n2CC. The molecule has 3 aromatic rings. The molecule has 0 bridgehead atoms. The zero-order valence-electron chi connectivity index (χ0n) is 18.7. The second-order valence-corrected chi connectivity index (χ2v) is 7.77. The maximum atomic E-state index is 12.4. The van der Waals surface area contributed by atoms with Gasteiger partial charge >= 0.3 is 0 Å². The highest BCUT2D eigenvalue weighted by atomic mass is 16.1. The molecule has 0 radical (unpaired) electrons. The van der Waals surface area contributed by atoms with Crippen molar-refractivity contribution < 1.29 is 0 Å². The zero-order valence-corrected chi connectivity index (χ0v) is 18.7. The lowest BCUT2D eigenvalue weighted by atomic mass is 9.93. The van der Waals surface area contributed by atoms with E-state index in [1.165, 1.54) is 22.3 Å². The van der Waals surface area contributed by atoms with Gasteiger partial charge in [-0.25, -0.2) is 0 Å². The second-order valence-electron chi connectivity index (χ2n) is 7.77. The molecule has 30 heavy (non-hydrogen) atoms. The van der Waals surface area contributed by atoms with Crippen LogP contribution in [0.2, 0.25) is 0 Å². The van der Waals surface area contributed by atoms with E-state index in [2.05, 4.69) is 81.5 Å². The fourth-order valence-electron chi connectivity index (χ4n) is 3.75. The van der Waals surface area contributed by atoms with E-state index in [1.54, 1.807) is 6.07 Å². The molecule has 0 aliphatic carbocycles. The lowest BCUT2D eigenvalue weighted by Gasteiger charge is -2.14. The Labute approximate surface area is 179 Å². The molecular weight excluding hydrogens is 366 g/mol. The number of pyridine rings is 1. The Morgan fingerprint density at radius 2 is 1.70 bits per heavy atom. The van der Waals surface area contributed by atoms with Gasteiger partial charge in [-0.1, -0.05) is 67.1 Å². The third-order valence-corrected chi connectivity index (χ3v) is 5.76. The number of aryl methyl sites for hydroxylation is 2. The summed E-state index contributed by atoms with van der Waals surface area (Å²) < 4.78 is 1.84. The Hall–Kier alpha value is -3.13. The van der Waals surface area contributed by atoms with Gasteiger partial charge in [0.1, 0.15) is 0 Å². The molecule has 0 fully saturated rings. The highest BCUT2D eigenvalue weighted by molar-refractivity contribution is 5.97. The van der Waals surface area contributed by atoms with Gasteiger partial charge in [0.15, 0.2) is 0 Å². The van der Waals surface area contributed by atoms with Crippen LogP contribution in [0, 0.1) is 6.92 Å². The van der Waals surface area contributed by atoms with Crippen molar-refractivity contribution in [3.63, 3.8) is 0 Å². The first-order valence-electron chi connectivity index (χ1n) is 10.7. The van der Waals surface area contributed by atoms with Crippen LogP contribution in [0.1, 0.15) is 50.8 Å². The number of benzene rings is 2. The molecule has 0 unspecified atom stereocenters. The first-order chi connectivity index (χ1) is 14.5. The molecule has 0 aliphatic heterocycles. The summed E-state index contributed by atoms with van der Waals surface area (Å²) in [4.78, 5) is 12.4. The molecule has 0 aliphatic rings. The minimum absolute atomic E-state index is 0.0616. The third kappa shape index (κ3) is 4.54. The number of allylic oxidation sites excluding steroid dienone is 6. The standard InChI is InChI=1S/C28H31NO/c1-6-20(3)12-11-15-25(22(5)23-13-9-8-10-14-23)24-16-17-27-26(19-24)21(4)18-28(30)29(27)7-2/h8-19H,6-7H2,1-5H3/b15-11-,20-12?,25-22-. The zero-order chi connectivity index (χ0) is 21.7. The maximum Gasteiger partial charge on any atom is 0.251 e. The van der Waals surface area contributed by atoms with Gasteiger partial charge in [0, 0.05) is 18.0 Å². The molecule has 0 atom stereocenters. The predicted molar refractivity (Wildman–Crippen MR) is 131 cm³/mol. The van der Waals surface area contributed by atoms with Crippen molar-refractivity contribution in [3.8, 4) is 0 Å². The summed E-state index contributed by atoms with van der Waals surface area (Å²) >= 11 is 0. The molecule has 0 saturated carbocycles. The number of hydrogen-bond donors (Lipinski definition) is 0. The van der Waals surface area contributed by atoms with Gasteiger partial charge in [-0.2, -0.15) is 0 Å². The van der Waals surface area contributed by atoms with Crippen molar-refractivity contribution in [3.05, 3.63) is 105 Å². The van der Waals surface area contributed by atoms with E-state index >= 15 is 0 Å². The van der Waals surface area contributed by atoms with Crippen molar-refractivity contribution >= 4 is 22.0 Å². The average Bonchev–Trinajstić information content (AvgIpc) is 2.77. The van der Waals surface area contributed by atoms with Crippen LogP contribution < -0.4 is 5.56 Å². The summed E-state index contributed by atoms with van der Waals surface area (Å²) in [6.45, 7) is 11.2. The molecule has 2 nitrogen and oxygen atoms in total. The largest absolute Gasteiger partial charge is 0.309 e. The Bertz CT molecular complexity index is 1190. The molecule has 0 amide bonds. The van der Waals surface area contributed by atoms with Gasteiger partial charge in [-0.3, -0.25) is 4.79 Å². The lowest BCUT2D eigenvalue weighted by molar-refractivity contribution is 0.758. The van der Waals surface area contributed by atoms with Crippen molar-refractivity contribution in [2.75, 3.05) is 0 Å². The van der Waals surface area contributed by atoms with Crippen molar-refractivity contribution in [2.45, 2.75) is 47.6 Å². The Morgan fingerprint density at radius 3 is 2.37 bits per heavy atom. The highest BCUT2D eigenvalue weighted by Crippen LogP contribution is 2.30. The van der Waals surface area contributed by atoms with Gasteiger partial charge in [0.2, 0.25) is 0 Å². The van der Waals surface area contributed by atoms with Crippen LogP contribution in [-0.4, -0.2) is 4.57 Å². The number of fused-ring (bicyclic) bond motifs is 1. The highest BCUT2D eigenvalue weighted by Gasteiger charge is 2.10. The number of rotatable bonds is 6. The molecule has 154 valence electrons. The summed E-state index contributed by atoms with van der Waals surface area (Å²) in [7, 11) is 0. The van der Waals surface area contributed by atoms with Gasteiger partial charge in [0.05, 0.1) is 5.52 Å². The molecule has 2 aromatic carbocycles. The van der Waals surface area contributed by atoms with E-state index in [1.807, 2.05) is 24.5 Å². The van der Waals surface area contributed by atoms with E-state index in [4.69, 9.17) is 0 Å². The van der Waals surface area contributed by atoms with Gasteiger partial charge in [0.25, 0.3) is 5.56 Å². The molecule has 0 saturated heterocycles. The fraction of sp³-hybridized carbons (Fsp3) is 0.250. The maximum absolute atomic E-state index is 12.4. The van der Waals surface area contributed by atoms with E-state index in [0.717, 1.165) is 28.5 Å². The topological polar surface area (TPSA) is 22.0 Å². The smallest absolute Gasteiger partial charge is 0.251 e. The Balaban J connectivity index is 2.23. The van der Waals surface area contributed by atoms with Crippen LogP contribution in [0.4, 0.5) is 0 Å². The van der Waals surface area contributed by atoms with Crippen molar-refractivity contribution in [2.24, 2.45) is 0 Å². The monoisotopic (exact) mass is 397 g/mol. The van der Waals surface area contributed by atoms with Crippen LogP contribution in [-0.2, 0) is 6.54 Å². The summed E-state index contributed by atoms with van der Waals surface area (Å²) in [6, 6.07) is 18.7. The van der Waals surface area contributed by atoms with E-state index in [9.17, 15) is 4.79 Å². The van der Waals surface area contributed by atoms with Crippen LogP contribution in [0.3, 0.4) is 0 Å². The summed E-state index contributed by atoms with van der Waals surface area (Å²) in [6.07, 6.45) is 7.57. The third-order valence-electron chi connectivity index (χ3n) is 5.76. The molecule has 2 heteroatoms. The molecular formula is C28H31NO. The summed E-state index contributed by atoms with van der Waals surface area (Å²) in [5, 5.41) is 1.13. The first-order valence-corrected chi connectivity index (χ1v) is 10.7. The van der Waals surface area contributed by atoms with Gasteiger partial charge in [-0.05, 0) is 74.1 Å². The molecule has 1 heterocycles. The second kappa shape index (κ2) is 9.58.